The van der Waals surface area contributed by atoms with Gasteiger partial charge in [-0.2, -0.15) is 26.3 Å². The molecule has 15 heteroatoms. The van der Waals surface area contributed by atoms with Gasteiger partial charge in [0, 0.05) is 44.7 Å². The first kappa shape index (κ1) is 32.4. The number of nitrogens with one attached hydrogen (secondary N) is 3. The highest BCUT2D eigenvalue weighted by atomic mass is 19.4. The summed E-state index contributed by atoms with van der Waals surface area (Å²) >= 11 is 0. The number of rotatable bonds is 6. The van der Waals surface area contributed by atoms with Crippen molar-refractivity contribution in [3.8, 4) is 0 Å². The molecule has 0 aliphatic carbocycles. The predicted molar refractivity (Wildman–Crippen MR) is 139 cm³/mol. The Bertz CT molecular complexity index is 1420. The lowest BCUT2D eigenvalue weighted by Gasteiger charge is -2.18. The molecule has 0 bridgehead atoms. The quantitative estimate of drug-likeness (QED) is 0.278. The largest absolute Gasteiger partial charge is 0.490 e. The number of amides is 2. The number of aryl methyl sites for hydroxylation is 1. The zero-order chi connectivity index (χ0) is 31.1. The van der Waals surface area contributed by atoms with Gasteiger partial charge in [0.1, 0.15) is 5.82 Å². The van der Waals surface area contributed by atoms with Crippen molar-refractivity contribution in [3.05, 3.63) is 77.0 Å². The van der Waals surface area contributed by atoms with Gasteiger partial charge in [-0.25, -0.2) is 9.78 Å². The van der Waals surface area contributed by atoms with Crippen LogP contribution in [0.5, 0.6) is 0 Å². The van der Waals surface area contributed by atoms with Crippen molar-refractivity contribution in [1.29, 1.82) is 0 Å². The van der Waals surface area contributed by atoms with Gasteiger partial charge >= 0.3 is 18.3 Å². The van der Waals surface area contributed by atoms with Gasteiger partial charge in [-0.05, 0) is 42.8 Å². The van der Waals surface area contributed by atoms with E-state index in [1.54, 1.807) is 51.4 Å². The smallest absolute Gasteiger partial charge is 0.475 e. The molecular formula is C26H25F6N5O4. The van der Waals surface area contributed by atoms with Gasteiger partial charge in [-0.3, -0.25) is 9.59 Å². The minimum Gasteiger partial charge on any atom is -0.475 e. The Morgan fingerprint density at radius 3 is 2.00 bits per heavy atom. The third-order valence-corrected chi connectivity index (χ3v) is 5.26. The fourth-order valence-electron chi connectivity index (χ4n) is 3.26. The first-order valence-corrected chi connectivity index (χ1v) is 11.5. The summed E-state index contributed by atoms with van der Waals surface area (Å²) in [6.07, 6.45) is -9.02. The molecule has 2 aromatic carbocycles. The Balaban J connectivity index is 0.000000745. The minimum atomic E-state index is -5.08. The van der Waals surface area contributed by atoms with Gasteiger partial charge in [0.2, 0.25) is 0 Å². The molecule has 220 valence electrons. The van der Waals surface area contributed by atoms with Crippen LogP contribution in [0, 0.1) is 6.92 Å². The Morgan fingerprint density at radius 2 is 1.49 bits per heavy atom. The van der Waals surface area contributed by atoms with Crippen LogP contribution >= 0.6 is 0 Å². The van der Waals surface area contributed by atoms with Crippen LogP contribution in [-0.4, -0.2) is 60.1 Å². The van der Waals surface area contributed by atoms with Crippen molar-refractivity contribution in [3.63, 3.8) is 0 Å². The summed E-state index contributed by atoms with van der Waals surface area (Å²) in [7, 11) is 4.73. The summed E-state index contributed by atoms with van der Waals surface area (Å²) in [6, 6.07) is 12.5. The number of nitrogens with zero attached hydrogens (tertiary/aromatic N) is 2. The van der Waals surface area contributed by atoms with E-state index in [2.05, 4.69) is 20.9 Å². The molecule has 9 nitrogen and oxygen atoms in total. The van der Waals surface area contributed by atoms with Crippen LogP contribution in [0.15, 0.2) is 54.7 Å². The maximum absolute atomic E-state index is 13.7. The van der Waals surface area contributed by atoms with E-state index in [1.807, 2.05) is 0 Å². The Morgan fingerprint density at radius 1 is 0.878 bits per heavy atom. The number of carbonyl (C=O) groups excluding carboxylic acids is 2. The maximum Gasteiger partial charge on any atom is 0.490 e. The molecule has 2 amide bonds. The third-order valence-electron chi connectivity index (χ3n) is 5.26. The number of pyridine rings is 1. The van der Waals surface area contributed by atoms with Gasteiger partial charge in [0.15, 0.2) is 0 Å². The van der Waals surface area contributed by atoms with E-state index in [9.17, 15) is 35.9 Å². The summed E-state index contributed by atoms with van der Waals surface area (Å²) in [5.74, 6) is -3.20. The molecule has 0 unspecified atom stereocenters. The second-order valence-corrected chi connectivity index (χ2v) is 8.52. The number of hydrogen-bond acceptors (Lipinski definition) is 6. The average Bonchev–Trinajstić information content (AvgIpc) is 2.88. The molecule has 0 aliphatic heterocycles. The number of carboxylic acids is 1. The van der Waals surface area contributed by atoms with E-state index in [-0.39, 0.29) is 28.7 Å². The van der Waals surface area contributed by atoms with Crippen molar-refractivity contribution in [2.24, 2.45) is 0 Å². The minimum absolute atomic E-state index is 0.155. The van der Waals surface area contributed by atoms with Crippen LogP contribution in [-0.2, 0) is 11.0 Å². The fraction of sp³-hybridized carbons (Fsp3) is 0.231. The van der Waals surface area contributed by atoms with Crippen LogP contribution < -0.4 is 16.0 Å². The number of alkyl halides is 6. The molecule has 0 aliphatic rings. The summed E-state index contributed by atoms with van der Waals surface area (Å²) < 4.78 is 72.7. The molecule has 4 N–H and O–H groups in total. The fourth-order valence-corrected chi connectivity index (χ4v) is 3.26. The van der Waals surface area contributed by atoms with Gasteiger partial charge in [0.05, 0.1) is 22.5 Å². The topological polar surface area (TPSA) is 124 Å². The lowest BCUT2D eigenvalue weighted by Crippen LogP contribution is -2.21. The van der Waals surface area contributed by atoms with Gasteiger partial charge in [-0.15, -0.1) is 0 Å². The lowest BCUT2D eigenvalue weighted by molar-refractivity contribution is -0.192. The van der Waals surface area contributed by atoms with Gasteiger partial charge < -0.3 is 26.0 Å². The van der Waals surface area contributed by atoms with Crippen LogP contribution in [0.2, 0.25) is 0 Å². The highest BCUT2D eigenvalue weighted by Gasteiger charge is 2.38. The van der Waals surface area contributed by atoms with Crippen molar-refractivity contribution < 1.29 is 45.8 Å². The number of carboxylic acid groups (broad SMARTS) is 1. The monoisotopic (exact) mass is 585 g/mol. The molecule has 0 saturated carbocycles. The zero-order valence-corrected chi connectivity index (χ0v) is 22.0. The van der Waals surface area contributed by atoms with E-state index in [4.69, 9.17) is 9.90 Å². The first-order chi connectivity index (χ1) is 18.9. The first-order valence-electron chi connectivity index (χ1n) is 11.5. The number of halogens is 6. The Labute approximate surface area is 230 Å². The maximum atomic E-state index is 13.7. The highest BCUT2D eigenvalue weighted by molar-refractivity contribution is 6.00. The Hall–Kier alpha value is -4.82. The normalized spacial score (nSPS) is 11.1. The van der Waals surface area contributed by atoms with Crippen LogP contribution in [0.25, 0.3) is 0 Å². The summed E-state index contributed by atoms with van der Waals surface area (Å²) in [5.41, 5.74) is 0.954. The summed E-state index contributed by atoms with van der Waals surface area (Å²) in [4.78, 5) is 38.6. The number of benzene rings is 2. The third kappa shape index (κ3) is 8.84. The van der Waals surface area contributed by atoms with Crippen molar-refractivity contribution in [2.45, 2.75) is 19.3 Å². The molecule has 0 atom stereocenters. The number of hydrogen-bond donors (Lipinski definition) is 4. The average molecular weight is 586 g/mol. The number of anilines is 4. The zero-order valence-electron chi connectivity index (χ0n) is 22.0. The number of carbonyl (C=O) groups is 3. The van der Waals surface area contributed by atoms with Crippen molar-refractivity contribution in [2.75, 3.05) is 31.8 Å². The molecule has 1 heterocycles. The summed E-state index contributed by atoms with van der Waals surface area (Å²) in [5, 5.41) is 15.3. The van der Waals surface area contributed by atoms with Gasteiger partial charge in [0.25, 0.3) is 11.8 Å². The Kier molecular flexibility index (Phi) is 10.3. The molecule has 0 radical (unpaired) electrons. The standard InChI is InChI=1S/C24H24F3N5O2.C2HF3O2/c1-14-11-15(23(34)32(3)4)9-10-18(14)31-21-12-20(17(13-29-21)24(25,26)27)30-19-8-6-5-7-16(19)22(33)28-2;3-2(4,5)1(6)7/h5-13H,1-4H3,(H,28,33)(H2,29,30,31);(H,6,7). The number of aliphatic carboxylic acids is 1. The second-order valence-electron chi connectivity index (χ2n) is 8.52. The van der Waals surface area contributed by atoms with E-state index >= 15 is 0 Å². The molecule has 1 aromatic heterocycles. The molecule has 0 fully saturated rings. The summed E-state index contributed by atoms with van der Waals surface area (Å²) in [6.45, 7) is 1.78. The molecule has 0 saturated heterocycles. The van der Waals surface area contributed by atoms with E-state index in [0.29, 0.717) is 16.8 Å². The molecular weight excluding hydrogens is 560 g/mol. The SMILES string of the molecule is CNC(=O)c1ccccc1Nc1cc(Nc2ccc(C(=O)N(C)C)cc2C)ncc1C(F)(F)F.O=C(O)C(F)(F)F. The van der Waals surface area contributed by atoms with E-state index in [0.717, 1.165) is 6.20 Å². The van der Waals surface area contributed by atoms with Crippen molar-refractivity contribution >= 4 is 40.7 Å². The van der Waals surface area contributed by atoms with Crippen LogP contribution in [0.4, 0.5) is 49.2 Å². The van der Waals surface area contributed by atoms with E-state index < -0.39 is 29.8 Å². The lowest BCUT2D eigenvalue weighted by atomic mass is 10.1. The number of aromatic nitrogens is 1. The second kappa shape index (κ2) is 13.0. The van der Waals surface area contributed by atoms with Crippen LogP contribution in [0.3, 0.4) is 0 Å². The molecule has 41 heavy (non-hydrogen) atoms. The van der Waals surface area contributed by atoms with Crippen molar-refractivity contribution in [1.82, 2.24) is 15.2 Å². The van der Waals surface area contributed by atoms with Crippen LogP contribution in [0.1, 0.15) is 31.8 Å². The molecule has 3 rings (SSSR count). The molecule has 3 aromatic rings. The number of para-hydroxylation sites is 1. The van der Waals surface area contributed by atoms with E-state index in [1.165, 1.54) is 30.1 Å². The predicted octanol–water partition coefficient (Wildman–Crippen LogP) is 5.59. The molecule has 0 spiro atoms. The highest BCUT2D eigenvalue weighted by Crippen LogP contribution is 2.37. The van der Waals surface area contributed by atoms with Gasteiger partial charge in [-0.1, -0.05) is 12.1 Å².